The molecule has 4 bridgehead atoms. The Labute approximate surface area is 128 Å². The summed E-state index contributed by atoms with van der Waals surface area (Å²) in [6.07, 6.45) is 7.40. The fraction of sp³-hybridized carbons (Fsp3) is 0.750. The maximum absolute atomic E-state index is 6.69. The molecule has 1 heterocycles. The second-order valence-corrected chi connectivity index (χ2v) is 9.23. The Morgan fingerprint density at radius 2 is 1.74 bits per heavy atom. The summed E-state index contributed by atoms with van der Waals surface area (Å²) >= 11 is 5.54. The van der Waals surface area contributed by atoms with Gasteiger partial charge in [0.15, 0.2) is 0 Å². The minimum absolute atomic E-state index is 0.282. The van der Waals surface area contributed by atoms with Gasteiger partial charge in [0.25, 0.3) is 0 Å². The first-order valence-corrected chi connectivity index (χ1v) is 9.24. The Kier molecular flexibility index (Phi) is 3.09. The van der Waals surface area contributed by atoms with Crippen molar-refractivity contribution in [1.29, 1.82) is 0 Å². The summed E-state index contributed by atoms with van der Waals surface area (Å²) in [4.78, 5) is 2.77. The first-order valence-electron chi connectivity index (χ1n) is 7.63. The molecule has 0 saturated heterocycles. The van der Waals surface area contributed by atoms with E-state index in [1.54, 1.807) is 0 Å². The quantitative estimate of drug-likeness (QED) is 0.815. The summed E-state index contributed by atoms with van der Waals surface area (Å²) in [5, 5.41) is 0. The lowest BCUT2D eigenvalue weighted by atomic mass is 9.50. The van der Waals surface area contributed by atoms with Crippen molar-refractivity contribution in [3.8, 4) is 0 Å². The summed E-state index contributed by atoms with van der Waals surface area (Å²) in [6.45, 7) is 2.18. The maximum atomic E-state index is 6.69. The molecule has 4 fully saturated rings. The van der Waals surface area contributed by atoms with E-state index in [1.165, 1.54) is 46.3 Å². The van der Waals surface area contributed by atoms with E-state index in [0.29, 0.717) is 0 Å². The third-order valence-electron chi connectivity index (χ3n) is 5.92. The fourth-order valence-electron chi connectivity index (χ4n) is 5.39. The lowest BCUT2D eigenvalue weighted by molar-refractivity contribution is -0.0467. The number of nitrogens with two attached hydrogens (primary N) is 1. The Morgan fingerprint density at radius 3 is 2.21 bits per heavy atom. The van der Waals surface area contributed by atoms with Crippen LogP contribution in [0.25, 0.3) is 0 Å². The molecule has 4 saturated carbocycles. The van der Waals surface area contributed by atoms with Gasteiger partial charge in [0.2, 0.25) is 0 Å². The molecule has 0 amide bonds. The van der Waals surface area contributed by atoms with E-state index in [0.717, 1.165) is 29.6 Å². The van der Waals surface area contributed by atoms with Crippen LogP contribution in [-0.2, 0) is 0 Å². The van der Waals surface area contributed by atoms with Crippen molar-refractivity contribution in [2.75, 3.05) is 0 Å². The Morgan fingerprint density at radius 1 is 1.16 bits per heavy atom. The van der Waals surface area contributed by atoms with E-state index in [1.807, 2.05) is 11.3 Å². The van der Waals surface area contributed by atoms with Crippen molar-refractivity contribution >= 4 is 27.3 Å². The van der Waals surface area contributed by atoms with Crippen LogP contribution in [0.4, 0.5) is 0 Å². The zero-order valence-electron chi connectivity index (χ0n) is 11.4. The van der Waals surface area contributed by atoms with Crippen LogP contribution < -0.4 is 5.73 Å². The van der Waals surface area contributed by atoms with Crippen molar-refractivity contribution in [3.05, 3.63) is 20.3 Å². The predicted molar refractivity (Wildman–Crippen MR) is 84.2 cm³/mol. The molecule has 0 radical (unpaired) electrons. The predicted octanol–water partition coefficient (Wildman–Crippen LogP) is 4.89. The van der Waals surface area contributed by atoms with Gasteiger partial charge >= 0.3 is 0 Å². The van der Waals surface area contributed by atoms with Crippen molar-refractivity contribution in [2.24, 2.45) is 35.3 Å². The van der Waals surface area contributed by atoms with Gasteiger partial charge < -0.3 is 5.73 Å². The van der Waals surface area contributed by atoms with Crippen LogP contribution >= 0.6 is 27.3 Å². The smallest absolute Gasteiger partial charge is 0.0424 e. The topological polar surface area (TPSA) is 26.0 Å². The fourth-order valence-corrected chi connectivity index (χ4v) is 7.01. The third-order valence-corrected chi connectivity index (χ3v) is 8.16. The minimum Gasteiger partial charge on any atom is -0.323 e. The molecule has 1 atom stereocenters. The monoisotopic (exact) mass is 339 g/mol. The van der Waals surface area contributed by atoms with Gasteiger partial charge in [-0.15, -0.1) is 11.3 Å². The van der Waals surface area contributed by atoms with Gasteiger partial charge in [-0.2, -0.15) is 0 Å². The minimum atomic E-state index is 0.282. The molecular formula is C16H22BrNS. The first kappa shape index (κ1) is 12.8. The van der Waals surface area contributed by atoms with E-state index in [-0.39, 0.29) is 6.04 Å². The van der Waals surface area contributed by atoms with Crippen LogP contribution in [0.15, 0.2) is 10.5 Å². The highest BCUT2D eigenvalue weighted by atomic mass is 79.9. The molecule has 1 aromatic rings. The second kappa shape index (κ2) is 4.57. The zero-order valence-corrected chi connectivity index (χ0v) is 13.8. The zero-order chi connectivity index (χ0) is 13.1. The van der Waals surface area contributed by atoms with Crippen LogP contribution in [0.1, 0.15) is 47.9 Å². The molecule has 1 nitrogen and oxygen atoms in total. The molecule has 1 aromatic heterocycles. The van der Waals surface area contributed by atoms with E-state index < -0.39 is 0 Å². The third kappa shape index (κ3) is 2.04. The largest absolute Gasteiger partial charge is 0.323 e. The number of halogens is 1. The number of hydrogen-bond donors (Lipinski definition) is 1. The van der Waals surface area contributed by atoms with E-state index in [9.17, 15) is 0 Å². The highest BCUT2D eigenvalue weighted by Crippen LogP contribution is 2.59. The Bertz CT molecular complexity index is 447. The summed E-state index contributed by atoms with van der Waals surface area (Å²) in [5.41, 5.74) is 6.69. The van der Waals surface area contributed by atoms with E-state index >= 15 is 0 Å². The highest BCUT2D eigenvalue weighted by Gasteiger charge is 2.50. The standard InChI is InChI=1S/C16H22BrNS/c1-8-13(17)7-14(19-8)16(18)15-11-3-9-2-10(5-11)6-12(15)4-9/h7,9-12,15-16H,2-6,18H2,1H3. The van der Waals surface area contributed by atoms with Crippen LogP contribution in [-0.4, -0.2) is 0 Å². The van der Waals surface area contributed by atoms with Gasteiger partial charge in [0.1, 0.15) is 0 Å². The number of aryl methyl sites for hydroxylation is 1. The molecule has 0 aromatic carbocycles. The molecule has 4 aliphatic carbocycles. The average Bonchev–Trinajstić information content (AvgIpc) is 2.68. The average molecular weight is 340 g/mol. The van der Waals surface area contributed by atoms with Crippen LogP contribution in [0.5, 0.6) is 0 Å². The summed E-state index contributed by atoms with van der Waals surface area (Å²) in [7, 11) is 0. The summed E-state index contributed by atoms with van der Waals surface area (Å²) < 4.78 is 1.24. The summed E-state index contributed by atoms with van der Waals surface area (Å²) in [6, 6.07) is 2.56. The lowest BCUT2D eigenvalue weighted by Crippen LogP contribution is -2.48. The van der Waals surface area contributed by atoms with E-state index in [2.05, 4.69) is 28.9 Å². The second-order valence-electron chi connectivity index (χ2n) is 7.09. The Hall–Kier alpha value is 0.140. The highest BCUT2D eigenvalue weighted by molar-refractivity contribution is 9.10. The molecular weight excluding hydrogens is 318 g/mol. The van der Waals surface area contributed by atoms with Crippen molar-refractivity contribution in [3.63, 3.8) is 0 Å². The Balaban J connectivity index is 1.61. The molecule has 5 rings (SSSR count). The molecule has 104 valence electrons. The van der Waals surface area contributed by atoms with Crippen molar-refractivity contribution < 1.29 is 0 Å². The van der Waals surface area contributed by atoms with Gasteiger partial charge in [-0.25, -0.2) is 0 Å². The SMILES string of the molecule is Cc1sc(C(N)C2C3CC4CC(C3)CC2C4)cc1Br. The summed E-state index contributed by atoms with van der Waals surface area (Å²) in [5.74, 6) is 4.70. The molecule has 1 unspecified atom stereocenters. The normalized spacial score (nSPS) is 41.7. The molecule has 0 aliphatic heterocycles. The van der Waals surface area contributed by atoms with Crippen LogP contribution in [0.2, 0.25) is 0 Å². The van der Waals surface area contributed by atoms with Crippen LogP contribution in [0.3, 0.4) is 0 Å². The van der Waals surface area contributed by atoms with Gasteiger partial charge in [0, 0.05) is 20.3 Å². The molecule has 3 heteroatoms. The van der Waals surface area contributed by atoms with Gasteiger partial charge in [-0.1, -0.05) is 0 Å². The van der Waals surface area contributed by atoms with Gasteiger partial charge in [-0.3, -0.25) is 0 Å². The number of hydrogen-bond acceptors (Lipinski definition) is 2. The number of rotatable bonds is 2. The first-order chi connectivity index (χ1) is 9.11. The molecule has 4 aliphatic rings. The molecule has 2 N–H and O–H groups in total. The van der Waals surface area contributed by atoms with Gasteiger partial charge in [0.05, 0.1) is 0 Å². The number of thiophene rings is 1. The van der Waals surface area contributed by atoms with Crippen molar-refractivity contribution in [2.45, 2.75) is 45.1 Å². The van der Waals surface area contributed by atoms with Crippen LogP contribution in [0, 0.1) is 36.5 Å². The van der Waals surface area contributed by atoms with Gasteiger partial charge in [-0.05, 0) is 90.6 Å². The van der Waals surface area contributed by atoms with E-state index in [4.69, 9.17) is 5.73 Å². The molecule has 19 heavy (non-hydrogen) atoms. The maximum Gasteiger partial charge on any atom is 0.0424 e. The van der Waals surface area contributed by atoms with Crippen molar-refractivity contribution in [1.82, 2.24) is 0 Å². The molecule has 0 spiro atoms. The lowest BCUT2D eigenvalue weighted by Gasteiger charge is -2.55.